The van der Waals surface area contributed by atoms with Gasteiger partial charge in [0, 0.05) is 23.9 Å². The predicted octanol–water partition coefficient (Wildman–Crippen LogP) is 4.30. The molecule has 30 heavy (non-hydrogen) atoms. The van der Waals surface area contributed by atoms with Crippen molar-refractivity contribution in [3.63, 3.8) is 0 Å². The summed E-state index contributed by atoms with van der Waals surface area (Å²) in [6.45, 7) is 1.21. The Kier molecular flexibility index (Phi) is 6.28. The molecule has 166 valence electrons. The minimum atomic E-state index is -4.79. The van der Waals surface area contributed by atoms with Gasteiger partial charge < -0.3 is 10.6 Å². The van der Waals surface area contributed by atoms with E-state index in [1.54, 1.807) is 0 Å². The van der Waals surface area contributed by atoms with Crippen LogP contribution in [0.5, 0.6) is 0 Å². The minimum Gasteiger partial charge on any atom is -0.355 e. The first-order chi connectivity index (χ1) is 13.8. The number of nitrogens with one attached hydrogen (secondary N) is 2. The molecule has 2 N–H and O–H groups in total. The molecule has 0 aromatic heterocycles. The van der Waals surface area contributed by atoms with E-state index in [9.17, 15) is 35.5 Å². The number of amides is 1. The molecule has 2 atom stereocenters. The van der Waals surface area contributed by atoms with Crippen molar-refractivity contribution in [3.8, 4) is 0 Å². The van der Waals surface area contributed by atoms with Crippen molar-refractivity contribution in [3.05, 3.63) is 40.0 Å². The van der Waals surface area contributed by atoms with Gasteiger partial charge in [0.15, 0.2) is 5.50 Å². The van der Waals surface area contributed by atoms with E-state index in [-0.39, 0.29) is 30.8 Å². The Morgan fingerprint density at radius 3 is 2.53 bits per heavy atom. The van der Waals surface area contributed by atoms with E-state index in [2.05, 4.69) is 10.6 Å². The molecule has 1 saturated heterocycles. The van der Waals surface area contributed by atoms with E-state index in [4.69, 9.17) is 0 Å². The molecule has 3 rings (SSSR count). The van der Waals surface area contributed by atoms with Gasteiger partial charge in [-0.1, -0.05) is 11.8 Å². The van der Waals surface area contributed by atoms with Gasteiger partial charge in [0.05, 0.1) is 11.3 Å². The molecule has 4 nitrogen and oxygen atoms in total. The molecule has 2 heterocycles. The molecular formula is C18H18F7N3OS. The van der Waals surface area contributed by atoms with Gasteiger partial charge in [0.2, 0.25) is 5.91 Å². The molecule has 0 bridgehead atoms. The van der Waals surface area contributed by atoms with Crippen LogP contribution in [0.1, 0.15) is 30.9 Å². The number of hydrogen-bond acceptors (Lipinski definition) is 4. The number of alkyl halides is 6. The van der Waals surface area contributed by atoms with Crippen LogP contribution in [0.3, 0.4) is 0 Å². The third-order valence-electron chi connectivity index (χ3n) is 4.75. The summed E-state index contributed by atoms with van der Waals surface area (Å²) in [5.74, 6) is -1.57. The highest BCUT2D eigenvalue weighted by atomic mass is 32.2. The fraction of sp³-hybridized carbons (Fsp3) is 0.500. The normalized spacial score (nSPS) is 23.1. The lowest BCUT2D eigenvalue weighted by Crippen LogP contribution is -2.41. The number of hydrogen-bond donors (Lipinski definition) is 2. The second-order valence-electron chi connectivity index (χ2n) is 7.04. The smallest absolute Gasteiger partial charge is 0.355 e. The Morgan fingerprint density at radius 1 is 1.23 bits per heavy atom. The zero-order valence-corrected chi connectivity index (χ0v) is 16.4. The largest absolute Gasteiger partial charge is 0.416 e. The van der Waals surface area contributed by atoms with Gasteiger partial charge in [-0.15, -0.1) is 0 Å². The van der Waals surface area contributed by atoms with Crippen molar-refractivity contribution in [1.82, 2.24) is 15.5 Å². The molecule has 1 amide bonds. The van der Waals surface area contributed by atoms with E-state index in [0.717, 1.165) is 23.9 Å². The zero-order valence-electron chi connectivity index (χ0n) is 15.6. The van der Waals surface area contributed by atoms with Crippen LogP contribution in [-0.4, -0.2) is 41.6 Å². The fourth-order valence-electron chi connectivity index (χ4n) is 3.52. The molecule has 2 aliphatic rings. The van der Waals surface area contributed by atoms with Crippen LogP contribution in [0.15, 0.2) is 23.1 Å². The van der Waals surface area contributed by atoms with Gasteiger partial charge >= 0.3 is 12.4 Å². The molecule has 0 spiro atoms. The van der Waals surface area contributed by atoms with E-state index < -0.39 is 41.2 Å². The van der Waals surface area contributed by atoms with E-state index in [1.807, 2.05) is 0 Å². The lowest BCUT2D eigenvalue weighted by Gasteiger charge is -2.26. The van der Waals surface area contributed by atoms with Crippen LogP contribution in [0, 0.1) is 5.82 Å². The van der Waals surface area contributed by atoms with Crippen molar-refractivity contribution in [2.75, 3.05) is 13.1 Å². The van der Waals surface area contributed by atoms with E-state index in [0.29, 0.717) is 17.4 Å². The van der Waals surface area contributed by atoms with Crippen LogP contribution < -0.4 is 10.6 Å². The Labute approximate surface area is 171 Å². The van der Waals surface area contributed by atoms with Crippen LogP contribution in [0.4, 0.5) is 30.7 Å². The van der Waals surface area contributed by atoms with E-state index >= 15 is 0 Å². The highest BCUT2D eigenvalue weighted by Gasteiger charge is 2.46. The fourth-order valence-corrected chi connectivity index (χ4v) is 4.74. The second kappa shape index (κ2) is 8.29. The Morgan fingerprint density at radius 2 is 1.93 bits per heavy atom. The standard InChI is InChI=1S/C18H18F7N3OS/c1-9(29)26-16-27-15(10-5-11(17(20,21)22)7-12(19)6-10)13(30-16)8-28-4-2-3-14(28)18(23,24)25/h5-7,14,16,27H,2-4,8H2,1H3,(H,26,29). The summed E-state index contributed by atoms with van der Waals surface area (Å²) in [7, 11) is 0. The molecule has 1 aromatic rings. The SMILES string of the molecule is CC(=O)NC1NC(c2cc(F)cc(C(F)(F)F)c2)=C(CN2CCCC2C(F)(F)F)S1. The molecule has 2 unspecified atom stereocenters. The molecule has 12 heteroatoms. The maximum absolute atomic E-state index is 13.9. The average Bonchev–Trinajstić information content (AvgIpc) is 3.20. The maximum Gasteiger partial charge on any atom is 0.416 e. The molecule has 1 aromatic carbocycles. The lowest BCUT2D eigenvalue weighted by molar-refractivity contribution is -0.174. The van der Waals surface area contributed by atoms with Gasteiger partial charge in [-0.3, -0.25) is 9.69 Å². The Bertz CT molecular complexity index is 853. The first-order valence-electron chi connectivity index (χ1n) is 8.97. The lowest BCUT2D eigenvalue weighted by atomic mass is 10.1. The summed E-state index contributed by atoms with van der Waals surface area (Å²) < 4.78 is 93.0. The summed E-state index contributed by atoms with van der Waals surface area (Å²) in [6.07, 6.45) is -8.97. The summed E-state index contributed by atoms with van der Waals surface area (Å²) in [5, 5.41) is 5.30. The quantitative estimate of drug-likeness (QED) is 0.662. The highest BCUT2D eigenvalue weighted by Crippen LogP contribution is 2.40. The molecule has 0 saturated carbocycles. The summed E-state index contributed by atoms with van der Waals surface area (Å²) in [4.78, 5) is 12.9. The average molecular weight is 457 g/mol. The second-order valence-corrected chi connectivity index (χ2v) is 8.24. The predicted molar refractivity (Wildman–Crippen MR) is 97.3 cm³/mol. The maximum atomic E-state index is 13.9. The van der Waals surface area contributed by atoms with E-state index in [1.165, 1.54) is 11.8 Å². The first kappa shape index (κ1) is 22.7. The van der Waals surface area contributed by atoms with Crippen LogP contribution in [0.2, 0.25) is 0 Å². The van der Waals surface area contributed by atoms with Gasteiger partial charge in [-0.2, -0.15) is 26.3 Å². The molecule has 2 aliphatic heterocycles. The highest BCUT2D eigenvalue weighted by molar-refractivity contribution is 8.04. The Hall–Kier alpha value is -1.95. The number of thioether (sulfide) groups is 1. The van der Waals surface area contributed by atoms with Crippen molar-refractivity contribution >= 4 is 23.4 Å². The summed E-state index contributed by atoms with van der Waals surface area (Å²) in [6, 6.07) is 0.286. The zero-order chi connectivity index (χ0) is 22.3. The number of benzene rings is 1. The topological polar surface area (TPSA) is 44.4 Å². The van der Waals surface area contributed by atoms with Crippen molar-refractivity contribution in [2.24, 2.45) is 0 Å². The number of rotatable bonds is 4. The minimum absolute atomic E-state index is 0.0663. The molecule has 1 fully saturated rings. The first-order valence-corrected chi connectivity index (χ1v) is 9.85. The number of carbonyl (C=O) groups is 1. The molecule has 0 radical (unpaired) electrons. The van der Waals surface area contributed by atoms with Crippen molar-refractivity contribution < 1.29 is 35.5 Å². The van der Waals surface area contributed by atoms with Crippen LogP contribution in [0.25, 0.3) is 5.70 Å². The van der Waals surface area contributed by atoms with Gasteiger partial charge in [-0.05, 0) is 37.6 Å². The number of nitrogens with zero attached hydrogens (tertiary/aromatic N) is 1. The number of carbonyl (C=O) groups excluding carboxylic acids is 1. The van der Waals surface area contributed by atoms with Gasteiger partial charge in [-0.25, -0.2) is 4.39 Å². The van der Waals surface area contributed by atoms with Crippen molar-refractivity contribution in [1.29, 1.82) is 0 Å². The molecular weight excluding hydrogens is 439 g/mol. The third kappa shape index (κ3) is 5.20. The van der Waals surface area contributed by atoms with Crippen LogP contribution in [-0.2, 0) is 11.0 Å². The van der Waals surface area contributed by atoms with Crippen LogP contribution >= 0.6 is 11.8 Å². The van der Waals surface area contributed by atoms with Gasteiger partial charge in [0.25, 0.3) is 0 Å². The monoisotopic (exact) mass is 457 g/mol. The number of halogens is 7. The Balaban J connectivity index is 1.96. The third-order valence-corrected chi connectivity index (χ3v) is 5.84. The molecule has 0 aliphatic carbocycles. The van der Waals surface area contributed by atoms with Gasteiger partial charge in [0.1, 0.15) is 11.9 Å². The number of likely N-dealkylation sites (tertiary alicyclic amines) is 1. The summed E-state index contributed by atoms with van der Waals surface area (Å²) in [5.41, 5.74) is -2.09. The summed E-state index contributed by atoms with van der Waals surface area (Å²) >= 11 is 0.985. The van der Waals surface area contributed by atoms with Crippen molar-refractivity contribution in [2.45, 2.75) is 43.7 Å².